The van der Waals surface area contributed by atoms with Crippen molar-refractivity contribution in [2.24, 2.45) is 22.7 Å². The van der Waals surface area contributed by atoms with Crippen LogP contribution in [0.15, 0.2) is 47.1 Å². The van der Waals surface area contributed by atoms with Crippen molar-refractivity contribution in [2.45, 2.75) is 65.4 Å². The molecule has 4 aliphatic rings. The zero-order valence-electron chi connectivity index (χ0n) is 14.8. The van der Waals surface area contributed by atoms with Crippen molar-refractivity contribution in [3.63, 3.8) is 0 Å². The third-order valence-electron chi connectivity index (χ3n) is 7.55. The zero-order chi connectivity index (χ0) is 16.2. The molecular formula is C22H30O. The smallest absolute Gasteiger partial charge is 0.0729 e. The molecule has 0 bridgehead atoms. The summed E-state index contributed by atoms with van der Waals surface area (Å²) in [7, 11) is 0. The maximum absolute atomic E-state index is 9.94. The quantitative estimate of drug-likeness (QED) is 0.648. The van der Waals surface area contributed by atoms with E-state index in [1.807, 2.05) is 0 Å². The number of aliphatic hydroxyl groups is 1. The lowest BCUT2D eigenvalue weighted by Gasteiger charge is -2.49. The van der Waals surface area contributed by atoms with Gasteiger partial charge in [0, 0.05) is 0 Å². The second-order valence-corrected chi connectivity index (χ2v) is 8.56. The van der Waals surface area contributed by atoms with E-state index in [1.54, 1.807) is 11.1 Å². The fourth-order valence-electron chi connectivity index (χ4n) is 6.04. The highest BCUT2D eigenvalue weighted by molar-refractivity contribution is 5.49. The molecule has 2 unspecified atom stereocenters. The van der Waals surface area contributed by atoms with Gasteiger partial charge in [-0.05, 0) is 84.8 Å². The molecule has 0 aromatic heterocycles. The van der Waals surface area contributed by atoms with Crippen molar-refractivity contribution in [3.8, 4) is 0 Å². The molecule has 1 fully saturated rings. The summed E-state index contributed by atoms with van der Waals surface area (Å²) in [5.74, 6) is 1.52. The van der Waals surface area contributed by atoms with Gasteiger partial charge in [0.05, 0.1) is 6.10 Å². The van der Waals surface area contributed by atoms with Crippen LogP contribution in [0.4, 0.5) is 0 Å². The Morgan fingerprint density at radius 3 is 2.78 bits per heavy atom. The Morgan fingerprint density at radius 2 is 2.00 bits per heavy atom. The van der Waals surface area contributed by atoms with E-state index in [9.17, 15) is 5.11 Å². The van der Waals surface area contributed by atoms with Crippen LogP contribution in [-0.2, 0) is 0 Å². The molecule has 1 heteroatoms. The van der Waals surface area contributed by atoms with E-state index >= 15 is 0 Å². The summed E-state index contributed by atoms with van der Waals surface area (Å²) in [6.45, 7) is 7.12. The van der Waals surface area contributed by atoms with Crippen molar-refractivity contribution >= 4 is 0 Å². The lowest BCUT2D eigenvalue weighted by Crippen LogP contribution is -2.41. The average Bonchev–Trinajstić information content (AvgIpc) is 2.79. The van der Waals surface area contributed by atoms with Gasteiger partial charge < -0.3 is 5.11 Å². The number of rotatable bonds is 1. The largest absolute Gasteiger partial charge is 0.389 e. The Kier molecular flexibility index (Phi) is 3.50. The van der Waals surface area contributed by atoms with Gasteiger partial charge in [-0.1, -0.05) is 44.2 Å². The number of fused-ring (bicyclic) bond motifs is 4. The lowest BCUT2D eigenvalue weighted by atomic mass is 9.55. The molecule has 0 radical (unpaired) electrons. The van der Waals surface area contributed by atoms with E-state index in [0.29, 0.717) is 10.8 Å². The second kappa shape index (κ2) is 5.21. The van der Waals surface area contributed by atoms with Crippen LogP contribution in [0.2, 0.25) is 0 Å². The van der Waals surface area contributed by atoms with Crippen LogP contribution in [0.1, 0.15) is 59.3 Å². The second-order valence-electron chi connectivity index (χ2n) is 8.56. The van der Waals surface area contributed by atoms with Gasteiger partial charge in [0.1, 0.15) is 0 Å². The summed E-state index contributed by atoms with van der Waals surface area (Å²) < 4.78 is 0. The van der Waals surface area contributed by atoms with E-state index in [2.05, 4.69) is 51.2 Å². The van der Waals surface area contributed by atoms with E-state index in [1.165, 1.54) is 31.3 Å². The normalized spacial score (nSPS) is 45.7. The molecule has 4 aliphatic carbocycles. The van der Waals surface area contributed by atoms with E-state index in [0.717, 1.165) is 24.7 Å². The predicted octanol–water partition coefficient (Wildman–Crippen LogP) is 5.34. The molecule has 0 aliphatic heterocycles. The van der Waals surface area contributed by atoms with Crippen molar-refractivity contribution in [2.75, 3.05) is 0 Å². The monoisotopic (exact) mass is 310 g/mol. The molecule has 0 spiro atoms. The Balaban J connectivity index is 1.79. The van der Waals surface area contributed by atoms with Gasteiger partial charge in [-0.15, -0.1) is 0 Å². The Hall–Kier alpha value is -1.08. The SMILES string of the molecule is C/C=C/[C@@]1(C)CC[C@H]2C3CCC4=CC(O)CCC4=C3C=C[C@@]21C. The standard InChI is InChI=1S/C22H30O/c1-4-11-21(2)12-10-20-19-7-5-15-14-16(23)6-8-17(15)18(19)9-13-22(20,21)3/h4,9,11,13-14,16,19-20,23H,5-8,10,12H2,1-3H3/b11-4+/t16?,19?,20-,21-,22-/m0/s1. The summed E-state index contributed by atoms with van der Waals surface area (Å²) in [6, 6.07) is 0. The minimum atomic E-state index is -0.215. The lowest BCUT2D eigenvalue weighted by molar-refractivity contribution is 0.127. The molecule has 0 heterocycles. The summed E-state index contributed by atoms with van der Waals surface area (Å²) in [5.41, 5.74) is 5.23. The van der Waals surface area contributed by atoms with Crippen LogP contribution in [0, 0.1) is 22.7 Å². The van der Waals surface area contributed by atoms with Crippen LogP contribution < -0.4 is 0 Å². The molecule has 124 valence electrons. The number of allylic oxidation sites excluding steroid dienone is 7. The van der Waals surface area contributed by atoms with Crippen molar-refractivity contribution < 1.29 is 5.11 Å². The molecule has 0 saturated heterocycles. The first-order valence-electron chi connectivity index (χ1n) is 9.44. The molecule has 0 aromatic rings. The number of aliphatic hydroxyl groups excluding tert-OH is 1. The molecule has 23 heavy (non-hydrogen) atoms. The van der Waals surface area contributed by atoms with Crippen molar-refractivity contribution in [1.82, 2.24) is 0 Å². The highest BCUT2D eigenvalue weighted by Crippen LogP contribution is 2.64. The molecule has 0 aromatic carbocycles. The van der Waals surface area contributed by atoms with Crippen LogP contribution in [-0.4, -0.2) is 11.2 Å². The molecule has 0 amide bonds. The average molecular weight is 310 g/mol. The fourth-order valence-corrected chi connectivity index (χ4v) is 6.04. The van der Waals surface area contributed by atoms with Crippen molar-refractivity contribution in [3.05, 3.63) is 47.1 Å². The van der Waals surface area contributed by atoms with Gasteiger partial charge in [-0.3, -0.25) is 0 Å². The summed E-state index contributed by atoms with van der Waals surface area (Å²) in [6.07, 6.45) is 18.7. The van der Waals surface area contributed by atoms with E-state index in [4.69, 9.17) is 0 Å². The van der Waals surface area contributed by atoms with Crippen LogP contribution in [0.3, 0.4) is 0 Å². The van der Waals surface area contributed by atoms with Crippen molar-refractivity contribution in [1.29, 1.82) is 0 Å². The number of hydrogen-bond acceptors (Lipinski definition) is 1. The first kappa shape index (κ1) is 15.4. The van der Waals surface area contributed by atoms with Gasteiger partial charge in [-0.25, -0.2) is 0 Å². The molecule has 4 rings (SSSR count). The van der Waals surface area contributed by atoms with E-state index in [-0.39, 0.29) is 6.10 Å². The van der Waals surface area contributed by atoms with Gasteiger partial charge in [0.15, 0.2) is 0 Å². The fraction of sp³-hybridized carbons (Fsp3) is 0.636. The number of hydrogen-bond donors (Lipinski definition) is 1. The van der Waals surface area contributed by atoms with Crippen LogP contribution in [0.5, 0.6) is 0 Å². The predicted molar refractivity (Wildman–Crippen MR) is 96.0 cm³/mol. The minimum Gasteiger partial charge on any atom is -0.389 e. The van der Waals surface area contributed by atoms with Gasteiger partial charge in [0.25, 0.3) is 0 Å². The Labute approximate surface area is 140 Å². The van der Waals surface area contributed by atoms with Gasteiger partial charge in [0.2, 0.25) is 0 Å². The Bertz CT molecular complexity index is 634. The first-order valence-corrected chi connectivity index (χ1v) is 9.44. The van der Waals surface area contributed by atoms with Crippen LogP contribution in [0.25, 0.3) is 0 Å². The minimum absolute atomic E-state index is 0.215. The highest BCUT2D eigenvalue weighted by atomic mass is 16.3. The summed E-state index contributed by atoms with van der Waals surface area (Å²) in [5, 5.41) is 9.94. The molecule has 1 saturated carbocycles. The maximum Gasteiger partial charge on any atom is 0.0729 e. The van der Waals surface area contributed by atoms with Crippen LogP contribution >= 0.6 is 0 Å². The third kappa shape index (κ3) is 2.09. The summed E-state index contributed by atoms with van der Waals surface area (Å²) in [4.78, 5) is 0. The molecular weight excluding hydrogens is 280 g/mol. The van der Waals surface area contributed by atoms with Gasteiger partial charge >= 0.3 is 0 Å². The topological polar surface area (TPSA) is 20.2 Å². The molecule has 1 N–H and O–H groups in total. The third-order valence-corrected chi connectivity index (χ3v) is 7.55. The van der Waals surface area contributed by atoms with Gasteiger partial charge in [-0.2, -0.15) is 0 Å². The molecule has 1 nitrogen and oxygen atoms in total. The first-order chi connectivity index (χ1) is 11.0. The maximum atomic E-state index is 9.94. The highest BCUT2D eigenvalue weighted by Gasteiger charge is 2.56. The summed E-state index contributed by atoms with van der Waals surface area (Å²) >= 11 is 0. The Morgan fingerprint density at radius 1 is 1.17 bits per heavy atom. The van der Waals surface area contributed by atoms with E-state index < -0.39 is 0 Å². The zero-order valence-corrected chi connectivity index (χ0v) is 14.8. The molecule has 5 atom stereocenters.